The van der Waals surface area contributed by atoms with E-state index in [-0.39, 0.29) is 30.6 Å². The molecule has 0 saturated carbocycles. The lowest BCUT2D eigenvalue weighted by atomic mass is 10.1. The number of nitrogens with one attached hydrogen (secondary N) is 1. The van der Waals surface area contributed by atoms with Crippen molar-refractivity contribution >= 4 is 11.8 Å². The summed E-state index contributed by atoms with van der Waals surface area (Å²) in [6.07, 6.45) is 1.64. The smallest absolute Gasteiger partial charge is 0.251 e. The molecule has 2 aromatic carbocycles. The van der Waals surface area contributed by atoms with Crippen molar-refractivity contribution in [3.8, 4) is 5.75 Å². The van der Waals surface area contributed by atoms with Gasteiger partial charge in [-0.25, -0.2) is 4.39 Å². The molecule has 0 saturated heterocycles. The van der Waals surface area contributed by atoms with Gasteiger partial charge < -0.3 is 19.4 Å². The van der Waals surface area contributed by atoms with Crippen LogP contribution in [0, 0.1) is 5.82 Å². The molecule has 1 aromatic heterocycles. The Kier molecular flexibility index (Phi) is 7.21. The van der Waals surface area contributed by atoms with Crippen LogP contribution < -0.4 is 10.1 Å². The molecule has 6 nitrogen and oxygen atoms in total. The molecule has 0 radical (unpaired) electrons. The number of halogens is 1. The van der Waals surface area contributed by atoms with Crippen molar-refractivity contribution in [3.63, 3.8) is 0 Å². The Hall–Kier alpha value is -3.61. The Morgan fingerprint density at radius 1 is 1.03 bits per heavy atom. The van der Waals surface area contributed by atoms with E-state index in [2.05, 4.69) is 5.32 Å². The number of benzene rings is 2. The second-order valence-corrected chi connectivity index (χ2v) is 6.63. The van der Waals surface area contributed by atoms with Gasteiger partial charge in [0.1, 0.15) is 5.76 Å². The lowest BCUT2D eigenvalue weighted by Gasteiger charge is -2.22. The number of nitrogens with zero attached hydrogens (tertiary/aromatic N) is 1. The van der Waals surface area contributed by atoms with E-state index < -0.39 is 5.82 Å². The van der Waals surface area contributed by atoms with Crippen LogP contribution in [0.1, 0.15) is 28.1 Å². The quantitative estimate of drug-likeness (QED) is 0.583. The Morgan fingerprint density at radius 2 is 1.80 bits per heavy atom. The molecule has 1 heterocycles. The van der Waals surface area contributed by atoms with Crippen molar-refractivity contribution in [2.45, 2.75) is 19.5 Å². The summed E-state index contributed by atoms with van der Waals surface area (Å²) in [6.45, 7) is 0.694. The van der Waals surface area contributed by atoms with Crippen LogP contribution in [0.15, 0.2) is 71.3 Å². The van der Waals surface area contributed by atoms with Crippen molar-refractivity contribution in [1.82, 2.24) is 10.2 Å². The molecule has 1 N–H and O–H groups in total. The monoisotopic (exact) mass is 410 g/mol. The molecule has 3 aromatic rings. The zero-order valence-corrected chi connectivity index (χ0v) is 16.6. The summed E-state index contributed by atoms with van der Waals surface area (Å²) < 4.78 is 24.5. The van der Waals surface area contributed by atoms with E-state index in [9.17, 15) is 14.0 Å². The maximum absolute atomic E-state index is 13.7. The van der Waals surface area contributed by atoms with Gasteiger partial charge in [0.15, 0.2) is 11.6 Å². The molecule has 0 aliphatic carbocycles. The first-order chi connectivity index (χ1) is 14.6. The van der Waals surface area contributed by atoms with Gasteiger partial charge in [0.05, 0.1) is 25.8 Å². The highest BCUT2D eigenvalue weighted by molar-refractivity contribution is 5.93. The van der Waals surface area contributed by atoms with Gasteiger partial charge in [-0.05, 0) is 42.0 Å². The van der Waals surface area contributed by atoms with Crippen LogP contribution >= 0.6 is 0 Å². The number of hydrogen-bond donors (Lipinski definition) is 1. The summed E-state index contributed by atoms with van der Waals surface area (Å²) >= 11 is 0. The van der Waals surface area contributed by atoms with Gasteiger partial charge in [-0.1, -0.05) is 24.3 Å². The second-order valence-electron chi connectivity index (χ2n) is 6.63. The molecule has 0 bridgehead atoms. The van der Waals surface area contributed by atoms with E-state index >= 15 is 0 Å². The van der Waals surface area contributed by atoms with Crippen LogP contribution in [0.5, 0.6) is 5.75 Å². The standard InChI is InChI=1S/C23H23FN2O4/c1-25-23(28)18-10-8-17(9-11-18)15-26(16-19-5-4-13-29-19)22(27)12-14-30-21-7-3-2-6-20(21)24/h2-11,13H,12,14-16H2,1H3,(H,25,28). The van der Waals surface area contributed by atoms with E-state index in [4.69, 9.17) is 9.15 Å². The Balaban J connectivity index is 1.64. The van der Waals surface area contributed by atoms with Crippen molar-refractivity contribution < 1.29 is 23.1 Å². The minimum atomic E-state index is -0.464. The van der Waals surface area contributed by atoms with Crippen LogP contribution in [0.3, 0.4) is 0 Å². The first-order valence-electron chi connectivity index (χ1n) is 9.55. The minimum Gasteiger partial charge on any atom is -0.490 e. The molecule has 156 valence electrons. The zero-order chi connectivity index (χ0) is 21.3. The average molecular weight is 410 g/mol. The third kappa shape index (κ3) is 5.70. The Labute approximate surface area is 174 Å². The largest absolute Gasteiger partial charge is 0.490 e. The van der Waals surface area contributed by atoms with E-state index in [1.54, 1.807) is 54.6 Å². The topological polar surface area (TPSA) is 71.8 Å². The highest BCUT2D eigenvalue weighted by Crippen LogP contribution is 2.17. The number of amides is 2. The van der Waals surface area contributed by atoms with Crippen molar-refractivity contribution in [2.75, 3.05) is 13.7 Å². The minimum absolute atomic E-state index is 0.0596. The molecule has 30 heavy (non-hydrogen) atoms. The maximum atomic E-state index is 13.7. The fraction of sp³-hybridized carbons (Fsp3) is 0.217. The number of furan rings is 1. The molecular weight excluding hydrogens is 387 g/mol. The van der Waals surface area contributed by atoms with E-state index in [1.165, 1.54) is 12.1 Å². The van der Waals surface area contributed by atoms with Gasteiger partial charge in [0, 0.05) is 19.2 Å². The third-order valence-corrected chi connectivity index (χ3v) is 4.51. The average Bonchev–Trinajstić information content (AvgIpc) is 3.27. The number of ether oxygens (including phenoxy) is 1. The van der Waals surface area contributed by atoms with Crippen molar-refractivity contribution in [3.05, 3.63) is 89.6 Å². The lowest BCUT2D eigenvalue weighted by molar-refractivity contribution is -0.133. The number of carbonyl (C=O) groups is 2. The lowest BCUT2D eigenvalue weighted by Crippen LogP contribution is -2.31. The zero-order valence-electron chi connectivity index (χ0n) is 16.6. The van der Waals surface area contributed by atoms with Gasteiger partial charge in [-0.2, -0.15) is 0 Å². The van der Waals surface area contributed by atoms with Gasteiger partial charge in [0.25, 0.3) is 5.91 Å². The normalized spacial score (nSPS) is 10.5. The van der Waals surface area contributed by atoms with Gasteiger partial charge >= 0.3 is 0 Å². The van der Waals surface area contributed by atoms with Crippen LogP contribution in [0.2, 0.25) is 0 Å². The fourth-order valence-corrected chi connectivity index (χ4v) is 2.92. The first-order valence-corrected chi connectivity index (χ1v) is 9.55. The number of para-hydroxylation sites is 1. The molecule has 7 heteroatoms. The predicted molar refractivity (Wildman–Crippen MR) is 109 cm³/mol. The highest BCUT2D eigenvalue weighted by atomic mass is 19.1. The summed E-state index contributed by atoms with van der Waals surface area (Å²) in [5.41, 5.74) is 1.42. The van der Waals surface area contributed by atoms with Gasteiger partial charge in [-0.3, -0.25) is 9.59 Å². The van der Waals surface area contributed by atoms with Crippen molar-refractivity contribution in [2.24, 2.45) is 0 Å². The van der Waals surface area contributed by atoms with E-state index in [0.29, 0.717) is 24.4 Å². The number of carbonyl (C=O) groups excluding carboxylic acids is 2. The second kappa shape index (κ2) is 10.2. The molecule has 0 atom stereocenters. The molecule has 2 amide bonds. The summed E-state index contributed by atoms with van der Waals surface area (Å²) in [7, 11) is 1.57. The van der Waals surface area contributed by atoms with E-state index in [0.717, 1.165) is 5.56 Å². The molecule has 0 aliphatic heterocycles. The van der Waals surface area contributed by atoms with Gasteiger partial charge in [-0.15, -0.1) is 0 Å². The van der Waals surface area contributed by atoms with Crippen LogP contribution in [0.4, 0.5) is 4.39 Å². The molecule has 3 rings (SSSR count). The molecule has 0 fully saturated rings. The Bertz CT molecular complexity index is 971. The first kappa shape index (κ1) is 21.1. The summed E-state index contributed by atoms with van der Waals surface area (Å²) in [6, 6.07) is 16.7. The SMILES string of the molecule is CNC(=O)c1ccc(CN(Cc2ccco2)C(=O)CCOc2ccccc2F)cc1. The van der Waals surface area contributed by atoms with Crippen LogP contribution in [-0.4, -0.2) is 30.4 Å². The summed E-state index contributed by atoms with van der Waals surface area (Å²) in [4.78, 5) is 26.2. The van der Waals surface area contributed by atoms with Gasteiger partial charge in [0.2, 0.25) is 5.91 Å². The van der Waals surface area contributed by atoms with Crippen molar-refractivity contribution in [1.29, 1.82) is 0 Å². The highest BCUT2D eigenvalue weighted by Gasteiger charge is 2.17. The number of hydrogen-bond acceptors (Lipinski definition) is 4. The summed E-state index contributed by atoms with van der Waals surface area (Å²) in [5, 5.41) is 2.57. The maximum Gasteiger partial charge on any atom is 0.251 e. The third-order valence-electron chi connectivity index (χ3n) is 4.51. The summed E-state index contributed by atoms with van der Waals surface area (Å²) in [5.74, 6) is -0.0184. The number of rotatable bonds is 9. The molecule has 0 aliphatic rings. The van der Waals surface area contributed by atoms with E-state index in [1.807, 2.05) is 12.1 Å². The van der Waals surface area contributed by atoms with Crippen LogP contribution in [0.25, 0.3) is 0 Å². The predicted octanol–water partition coefficient (Wildman–Crippen LogP) is 3.78. The van der Waals surface area contributed by atoms with Crippen LogP contribution in [-0.2, 0) is 17.9 Å². The Morgan fingerprint density at radius 3 is 2.47 bits per heavy atom. The fourth-order valence-electron chi connectivity index (χ4n) is 2.92. The molecule has 0 spiro atoms. The molecule has 0 unspecified atom stereocenters. The molecular formula is C23H23FN2O4.